The van der Waals surface area contributed by atoms with Gasteiger partial charge in [0.1, 0.15) is 48.8 Å². The van der Waals surface area contributed by atoms with E-state index in [9.17, 15) is 45.6 Å². The van der Waals surface area contributed by atoms with E-state index in [-0.39, 0.29) is 18.9 Å². The molecule has 0 bridgehead atoms. The van der Waals surface area contributed by atoms with E-state index in [1.54, 1.807) is 6.08 Å². The average Bonchev–Trinajstić information content (AvgIpc) is 3.41. The lowest BCUT2D eigenvalue weighted by Gasteiger charge is -2.46. The maximum absolute atomic E-state index is 13.3. The molecule has 14 nitrogen and oxygen atoms in total. The van der Waals surface area contributed by atoms with E-state index in [2.05, 4.69) is 55.6 Å². The fraction of sp³-hybridized carbons (Fsp3) is 0.852. The highest BCUT2D eigenvalue weighted by molar-refractivity contribution is 5.76. The molecule has 0 aromatic carbocycles. The van der Waals surface area contributed by atoms with Gasteiger partial charge in [-0.1, -0.05) is 210 Å². The lowest BCUT2D eigenvalue weighted by molar-refractivity contribution is -0.359. The minimum Gasteiger partial charge on any atom is -0.394 e. The fourth-order valence-electron chi connectivity index (χ4n) is 9.79. The zero-order valence-electron chi connectivity index (χ0n) is 47.0. The first-order valence-corrected chi connectivity index (χ1v) is 30.4. The molecule has 438 valence electrons. The molecule has 1 amide bonds. The molecule has 2 aliphatic heterocycles. The summed E-state index contributed by atoms with van der Waals surface area (Å²) >= 11 is 0. The number of aliphatic hydroxyl groups is 8. The van der Waals surface area contributed by atoms with E-state index < -0.39 is 86.8 Å². The van der Waals surface area contributed by atoms with Gasteiger partial charge < -0.3 is 65.1 Å². The van der Waals surface area contributed by atoms with Crippen molar-refractivity contribution in [1.29, 1.82) is 0 Å². The van der Waals surface area contributed by atoms with Crippen molar-refractivity contribution >= 4 is 5.91 Å². The Morgan fingerprint density at radius 1 is 0.467 bits per heavy atom. The maximum atomic E-state index is 13.3. The monoisotopic (exact) mass is 1070 g/mol. The Bertz CT molecular complexity index is 1440. The van der Waals surface area contributed by atoms with Gasteiger partial charge in [0.25, 0.3) is 0 Å². The predicted molar refractivity (Wildman–Crippen MR) is 300 cm³/mol. The second kappa shape index (κ2) is 46.8. The number of aliphatic hydroxyl groups excluding tert-OH is 8. The number of hydrogen-bond acceptors (Lipinski definition) is 13. The predicted octanol–water partition coefficient (Wildman–Crippen LogP) is 10.4. The molecular formula is C61H111NO13. The van der Waals surface area contributed by atoms with Crippen LogP contribution in [-0.2, 0) is 23.7 Å². The molecule has 0 spiro atoms. The van der Waals surface area contributed by atoms with Crippen LogP contribution in [0.25, 0.3) is 0 Å². The number of hydrogen-bond donors (Lipinski definition) is 9. The van der Waals surface area contributed by atoms with Gasteiger partial charge in [-0.15, -0.1) is 0 Å². The minimum absolute atomic E-state index is 0.254. The first-order chi connectivity index (χ1) is 36.6. The number of ether oxygens (including phenoxy) is 4. The van der Waals surface area contributed by atoms with Gasteiger partial charge in [-0.25, -0.2) is 0 Å². The maximum Gasteiger partial charge on any atom is 0.220 e. The normalized spacial score (nSPS) is 25.4. The van der Waals surface area contributed by atoms with Gasteiger partial charge in [0.15, 0.2) is 12.6 Å². The van der Waals surface area contributed by atoms with E-state index in [1.165, 1.54) is 161 Å². The summed E-state index contributed by atoms with van der Waals surface area (Å²) in [6, 6.07) is -0.938. The van der Waals surface area contributed by atoms with Crippen LogP contribution in [0.5, 0.6) is 0 Å². The van der Waals surface area contributed by atoms with Gasteiger partial charge in [-0.05, 0) is 70.6 Å². The molecular weight excluding hydrogens is 955 g/mol. The molecule has 0 aromatic heterocycles. The van der Waals surface area contributed by atoms with Gasteiger partial charge in [-0.3, -0.25) is 4.79 Å². The van der Waals surface area contributed by atoms with E-state index in [4.69, 9.17) is 18.9 Å². The summed E-state index contributed by atoms with van der Waals surface area (Å²) in [5.74, 6) is -0.254. The van der Waals surface area contributed by atoms with Crippen LogP contribution in [0.3, 0.4) is 0 Å². The highest BCUT2D eigenvalue weighted by Gasteiger charge is 2.51. The van der Waals surface area contributed by atoms with Crippen LogP contribution in [-0.4, -0.2) is 140 Å². The quantitative estimate of drug-likeness (QED) is 0.0204. The number of nitrogens with one attached hydrogen (secondary N) is 1. The molecule has 2 fully saturated rings. The lowest BCUT2D eigenvalue weighted by atomic mass is 9.97. The zero-order valence-corrected chi connectivity index (χ0v) is 47.0. The van der Waals surface area contributed by atoms with E-state index >= 15 is 0 Å². The molecule has 0 radical (unpaired) electrons. The van der Waals surface area contributed by atoms with Crippen LogP contribution < -0.4 is 5.32 Å². The first kappa shape index (κ1) is 69.1. The molecule has 0 saturated carbocycles. The first-order valence-electron chi connectivity index (χ1n) is 30.4. The Hall–Kier alpha value is -2.05. The molecule has 12 atom stereocenters. The number of carbonyl (C=O) groups is 1. The third-order valence-electron chi connectivity index (χ3n) is 14.7. The van der Waals surface area contributed by atoms with Crippen molar-refractivity contribution in [3.63, 3.8) is 0 Å². The van der Waals surface area contributed by atoms with E-state index in [0.29, 0.717) is 12.8 Å². The van der Waals surface area contributed by atoms with Gasteiger partial charge in [0.2, 0.25) is 5.91 Å². The zero-order chi connectivity index (χ0) is 54.6. The summed E-state index contributed by atoms with van der Waals surface area (Å²) in [4.78, 5) is 13.3. The van der Waals surface area contributed by atoms with Gasteiger partial charge in [-0.2, -0.15) is 0 Å². The van der Waals surface area contributed by atoms with Crippen molar-refractivity contribution in [2.24, 2.45) is 0 Å². The van der Waals surface area contributed by atoms with Crippen molar-refractivity contribution in [3.05, 3.63) is 48.6 Å². The van der Waals surface area contributed by atoms with Crippen LogP contribution in [0, 0.1) is 0 Å². The molecule has 75 heavy (non-hydrogen) atoms. The third kappa shape index (κ3) is 32.6. The minimum atomic E-state index is -1.79. The van der Waals surface area contributed by atoms with Crippen LogP contribution >= 0.6 is 0 Å². The summed E-state index contributed by atoms with van der Waals surface area (Å²) in [6.07, 6.45) is 41.5. The Morgan fingerprint density at radius 3 is 1.31 bits per heavy atom. The Balaban J connectivity index is 1.77. The topological polar surface area (TPSA) is 228 Å². The van der Waals surface area contributed by atoms with Gasteiger partial charge in [0.05, 0.1) is 32.0 Å². The molecule has 0 aliphatic carbocycles. The number of allylic oxidation sites excluding steroid dienone is 7. The average molecular weight is 1070 g/mol. The Morgan fingerprint density at radius 2 is 0.853 bits per heavy atom. The lowest BCUT2D eigenvalue weighted by Crippen LogP contribution is -2.65. The van der Waals surface area contributed by atoms with Crippen LogP contribution in [0.2, 0.25) is 0 Å². The second-order valence-electron chi connectivity index (χ2n) is 21.5. The summed E-state index contributed by atoms with van der Waals surface area (Å²) in [7, 11) is 0. The fourth-order valence-corrected chi connectivity index (χ4v) is 9.79. The summed E-state index contributed by atoms with van der Waals surface area (Å²) < 4.78 is 22.8. The number of carbonyl (C=O) groups excluding carboxylic acids is 1. The second-order valence-corrected chi connectivity index (χ2v) is 21.5. The van der Waals surface area contributed by atoms with E-state index in [0.717, 1.165) is 44.9 Å². The summed E-state index contributed by atoms with van der Waals surface area (Å²) in [5, 5.41) is 87.1. The molecule has 12 unspecified atom stereocenters. The van der Waals surface area contributed by atoms with Crippen molar-refractivity contribution in [3.8, 4) is 0 Å². The molecule has 2 aliphatic rings. The molecule has 2 rings (SSSR count). The molecule has 0 aromatic rings. The number of rotatable bonds is 48. The highest BCUT2D eigenvalue weighted by atomic mass is 16.7. The van der Waals surface area contributed by atoms with Crippen molar-refractivity contribution < 1.29 is 64.6 Å². The number of amides is 1. The van der Waals surface area contributed by atoms with Crippen LogP contribution in [0.15, 0.2) is 48.6 Å². The summed E-state index contributed by atoms with van der Waals surface area (Å²) in [5.41, 5.74) is 0. The molecule has 14 heteroatoms. The third-order valence-corrected chi connectivity index (χ3v) is 14.7. The van der Waals surface area contributed by atoms with E-state index in [1.807, 2.05) is 6.08 Å². The van der Waals surface area contributed by atoms with Crippen molar-refractivity contribution in [2.45, 2.75) is 312 Å². The van der Waals surface area contributed by atoms with Gasteiger partial charge in [0, 0.05) is 6.42 Å². The van der Waals surface area contributed by atoms with Crippen LogP contribution in [0.1, 0.15) is 239 Å². The molecule has 9 N–H and O–H groups in total. The number of unbranched alkanes of at least 4 members (excludes halogenated alkanes) is 29. The Labute approximate surface area is 454 Å². The molecule has 2 heterocycles. The standard InChI is InChI=1S/C61H111NO13/c1-3-5-7-9-11-13-15-17-19-21-23-24-25-26-27-29-31-33-35-37-39-41-43-45-53(66)62-49(50(65)44-42-40-38-36-34-32-30-28-22-20-18-16-14-12-10-8-6-4-2)48-72-60-58(71)56(69)59(52(47-64)74-60)75-61-57(70)55(68)54(67)51(46-63)73-61/h21-23,28,34,36,42,44,49-52,54-61,63-65,67-71H,3-20,24-27,29-33,35,37-41,43,45-48H2,1-2H3,(H,62,66)/b23-21-,28-22+,36-34+,44-42+. The highest BCUT2D eigenvalue weighted by Crippen LogP contribution is 2.30. The SMILES string of the molecule is CCCCCCCCCC/C=C\CCCCCCCCCCCCCC(=O)NC(COC1OC(CO)C(OC2OC(CO)C(O)C(O)C2O)C(O)C1O)C(O)/C=C/CC/C=C/CC/C=C/CCCCCCCCCC. The van der Waals surface area contributed by atoms with Crippen molar-refractivity contribution in [1.82, 2.24) is 5.32 Å². The van der Waals surface area contributed by atoms with Crippen molar-refractivity contribution in [2.75, 3.05) is 19.8 Å². The Kier molecular flexibility index (Phi) is 43.1. The smallest absolute Gasteiger partial charge is 0.220 e. The molecule has 2 saturated heterocycles. The largest absolute Gasteiger partial charge is 0.394 e. The van der Waals surface area contributed by atoms with Gasteiger partial charge >= 0.3 is 0 Å². The summed E-state index contributed by atoms with van der Waals surface area (Å²) in [6.45, 7) is 2.78. The van der Waals surface area contributed by atoms with Crippen LogP contribution in [0.4, 0.5) is 0 Å².